The van der Waals surface area contributed by atoms with Crippen LogP contribution in [0.5, 0.6) is 5.75 Å². The summed E-state index contributed by atoms with van der Waals surface area (Å²) in [7, 11) is 1.58. The van der Waals surface area contributed by atoms with Crippen LogP contribution in [-0.4, -0.2) is 48.7 Å². The Morgan fingerprint density at radius 3 is 2.19 bits per heavy atom. The number of carbonyl (C=O) groups excluding carboxylic acids is 4. The maximum absolute atomic E-state index is 13.5. The van der Waals surface area contributed by atoms with Gasteiger partial charge in [0.2, 0.25) is 17.7 Å². The monoisotopic (exact) mass is 491 g/mol. The minimum absolute atomic E-state index is 0.0114. The van der Waals surface area contributed by atoms with Crippen molar-refractivity contribution in [2.75, 3.05) is 7.11 Å². The Morgan fingerprint density at radius 1 is 0.972 bits per heavy atom. The van der Waals surface area contributed by atoms with Gasteiger partial charge < -0.3 is 20.7 Å². The van der Waals surface area contributed by atoms with Crippen LogP contribution in [0.15, 0.2) is 54.6 Å². The number of ketones is 1. The predicted octanol–water partition coefficient (Wildman–Crippen LogP) is 2.10. The number of amides is 3. The molecule has 1 aliphatic carbocycles. The molecule has 0 bridgehead atoms. The minimum Gasteiger partial charge on any atom is -0.497 e. The number of Topliss-reactive ketones (excluding diaryl/α,β-unsaturated/α-hetero) is 1. The van der Waals surface area contributed by atoms with Crippen molar-refractivity contribution < 1.29 is 23.9 Å². The Labute approximate surface area is 211 Å². The lowest BCUT2D eigenvalue weighted by atomic mass is 9.92. The lowest BCUT2D eigenvalue weighted by Crippen LogP contribution is -2.56. The van der Waals surface area contributed by atoms with Crippen molar-refractivity contribution in [3.8, 4) is 5.75 Å². The number of carbonyl (C=O) groups is 4. The predicted molar refractivity (Wildman–Crippen MR) is 134 cm³/mol. The van der Waals surface area contributed by atoms with Crippen molar-refractivity contribution >= 4 is 23.5 Å². The molecule has 3 amide bonds. The van der Waals surface area contributed by atoms with Crippen LogP contribution in [0.25, 0.3) is 0 Å². The van der Waals surface area contributed by atoms with E-state index in [1.54, 1.807) is 19.2 Å². The Hall–Kier alpha value is -3.68. The van der Waals surface area contributed by atoms with Crippen molar-refractivity contribution in [2.45, 2.75) is 63.6 Å². The van der Waals surface area contributed by atoms with Crippen LogP contribution in [0.3, 0.4) is 0 Å². The molecule has 8 nitrogen and oxygen atoms in total. The molecular weight excluding hydrogens is 458 g/mol. The molecule has 1 saturated heterocycles. The van der Waals surface area contributed by atoms with E-state index in [1.807, 2.05) is 49.4 Å². The Kier molecular flexibility index (Phi) is 7.72. The first kappa shape index (κ1) is 25.4. The highest BCUT2D eigenvalue weighted by molar-refractivity contribution is 5.98. The average molecular weight is 492 g/mol. The van der Waals surface area contributed by atoms with Gasteiger partial charge in [-0.2, -0.15) is 0 Å². The lowest BCUT2D eigenvalue weighted by molar-refractivity contribution is -0.133. The highest BCUT2D eigenvalue weighted by Crippen LogP contribution is 2.46. The molecule has 0 unspecified atom stereocenters. The second kappa shape index (κ2) is 10.9. The maximum atomic E-state index is 13.5. The molecule has 4 rings (SSSR count). The summed E-state index contributed by atoms with van der Waals surface area (Å²) in [6, 6.07) is 14.5. The van der Waals surface area contributed by atoms with E-state index >= 15 is 0 Å². The quantitative estimate of drug-likeness (QED) is 0.446. The molecule has 3 atom stereocenters. The zero-order chi connectivity index (χ0) is 25.7. The summed E-state index contributed by atoms with van der Waals surface area (Å²) in [6.07, 6.45) is 2.88. The number of hydrogen-bond acceptors (Lipinski definition) is 5. The van der Waals surface area contributed by atoms with E-state index in [9.17, 15) is 19.2 Å². The molecule has 1 heterocycles. The summed E-state index contributed by atoms with van der Waals surface area (Å²) in [6.45, 7) is 1.93. The van der Waals surface area contributed by atoms with Gasteiger partial charge in [-0.25, -0.2) is 0 Å². The molecule has 8 heteroatoms. The molecule has 0 aromatic heterocycles. The van der Waals surface area contributed by atoms with Crippen molar-refractivity contribution in [1.82, 2.24) is 16.0 Å². The molecule has 190 valence electrons. The average Bonchev–Trinajstić information content (AvgIpc) is 3.49. The first-order chi connectivity index (χ1) is 17.3. The van der Waals surface area contributed by atoms with Crippen molar-refractivity contribution in [2.24, 2.45) is 5.41 Å². The zero-order valence-electron chi connectivity index (χ0n) is 20.7. The van der Waals surface area contributed by atoms with E-state index in [2.05, 4.69) is 16.0 Å². The van der Waals surface area contributed by atoms with E-state index in [1.165, 1.54) is 0 Å². The van der Waals surface area contributed by atoms with E-state index in [-0.39, 0.29) is 24.5 Å². The summed E-state index contributed by atoms with van der Waals surface area (Å²) in [5, 5.41) is 8.40. The van der Waals surface area contributed by atoms with Gasteiger partial charge in [-0.1, -0.05) is 49.4 Å². The summed E-state index contributed by atoms with van der Waals surface area (Å²) in [5.74, 6) is -0.324. The van der Waals surface area contributed by atoms with Crippen molar-refractivity contribution in [3.63, 3.8) is 0 Å². The van der Waals surface area contributed by atoms with Gasteiger partial charge in [0, 0.05) is 18.3 Å². The molecule has 1 aliphatic heterocycles. The second-order valence-electron chi connectivity index (χ2n) is 9.95. The van der Waals surface area contributed by atoms with Gasteiger partial charge in [0.1, 0.15) is 17.8 Å². The second-order valence-corrected chi connectivity index (χ2v) is 9.95. The molecule has 1 saturated carbocycles. The van der Waals surface area contributed by atoms with E-state index in [4.69, 9.17) is 4.74 Å². The summed E-state index contributed by atoms with van der Waals surface area (Å²) in [5.41, 5.74) is 1.35. The number of benzene rings is 2. The molecule has 2 aromatic rings. The lowest BCUT2D eigenvalue weighted by Gasteiger charge is -2.26. The minimum atomic E-state index is -0.915. The van der Waals surface area contributed by atoms with Crippen molar-refractivity contribution in [1.29, 1.82) is 0 Å². The normalized spacial score (nSPS) is 19.5. The fraction of sp³-hybridized carbons (Fsp3) is 0.429. The molecule has 2 aliphatic rings. The number of nitrogens with one attached hydrogen (secondary N) is 3. The van der Waals surface area contributed by atoms with E-state index in [0.717, 1.165) is 24.0 Å². The number of hydrogen-bond donors (Lipinski definition) is 3. The first-order valence-corrected chi connectivity index (χ1v) is 12.4. The Balaban J connectivity index is 1.53. The van der Waals surface area contributed by atoms with Crippen molar-refractivity contribution in [3.05, 3.63) is 65.7 Å². The van der Waals surface area contributed by atoms with Crippen LogP contribution in [0, 0.1) is 5.41 Å². The molecule has 2 fully saturated rings. The fourth-order valence-electron chi connectivity index (χ4n) is 4.48. The number of ether oxygens (including phenoxy) is 1. The van der Waals surface area contributed by atoms with Gasteiger partial charge in [-0.15, -0.1) is 0 Å². The molecule has 0 spiro atoms. The van der Waals surface area contributed by atoms with Crippen LogP contribution in [0.1, 0.15) is 43.7 Å². The van der Waals surface area contributed by atoms with Crippen LogP contribution < -0.4 is 20.7 Å². The number of rotatable bonds is 11. The molecular formula is C28H33N3O5. The van der Waals surface area contributed by atoms with Gasteiger partial charge in [0.25, 0.3) is 0 Å². The van der Waals surface area contributed by atoms with Gasteiger partial charge in [-0.05, 0) is 48.9 Å². The zero-order valence-corrected chi connectivity index (χ0v) is 20.7. The summed E-state index contributed by atoms with van der Waals surface area (Å²) in [4.78, 5) is 51.4. The van der Waals surface area contributed by atoms with Gasteiger partial charge in [0.05, 0.1) is 13.2 Å². The third kappa shape index (κ3) is 6.30. The van der Waals surface area contributed by atoms with Crippen LogP contribution in [0.4, 0.5) is 0 Å². The van der Waals surface area contributed by atoms with Gasteiger partial charge in [0.15, 0.2) is 5.78 Å². The Morgan fingerprint density at radius 2 is 1.61 bits per heavy atom. The highest BCUT2D eigenvalue weighted by Gasteiger charge is 2.48. The SMILES string of the molecule is COc1ccc(C[C@H](NC(=O)[C@H]2CCC(=O)N2)C(=O)N[C@@H](Cc2ccccc2)C(=O)C2(C)CC2)cc1. The van der Waals surface area contributed by atoms with E-state index in [0.29, 0.717) is 18.6 Å². The van der Waals surface area contributed by atoms with E-state index < -0.39 is 35.4 Å². The largest absolute Gasteiger partial charge is 0.497 e. The Bertz CT molecular complexity index is 1110. The topological polar surface area (TPSA) is 114 Å². The third-order valence-corrected chi connectivity index (χ3v) is 7.05. The maximum Gasteiger partial charge on any atom is 0.243 e. The van der Waals surface area contributed by atoms with Crippen LogP contribution in [0.2, 0.25) is 0 Å². The fourth-order valence-corrected chi connectivity index (χ4v) is 4.48. The number of methoxy groups -OCH3 is 1. The highest BCUT2D eigenvalue weighted by atomic mass is 16.5. The van der Waals surface area contributed by atoms with Gasteiger partial charge in [-0.3, -0.25) is 19.2 Å². The molecule has 36 heavy (non-hydrogen) atoms. The molecule has 2 aromatic carbocycles. The standard InChI is InChI=1S/C28H33N3O5/c1-28(14-15-28)25(33)22(16-18-6-4-3-5-7-18)30-27(35)23(17-19-8-10-20(36-2)11-9-19)31-26(34)21-12-13-24(32)29-21/h3-11,21-23H,12-17H2,1-2H3,(H,29,32)(H,30,35)(H,31,34)/t21-,22+,23+/m1/s1. The van der Waals surface area contributed by atoms with Crippen LogP contribution in [-0.2, 0) is 32.0 Å². The summed E-state index contributed by atoms with van der Waals surface area (Å²) >= 11 is 0. The summed E-state index contributed by atoms with van der Waals surface area (Å²) < 4.78 is 5.21. The molecule has 0 radical (unpaired) electrons. The van der Waals surface area contributed by atoms with Gasteiger partial charge >= 0.3 is 0 Å². The smallest absolute Gasteiger partial charge is 0.243 e. The first-order valence-electron chi connectivity index (χ1n) is 12.4. The van der Waals surface area contributed by atoms with Crippen LogP contribution >= 0.6 is 0 Å². The molecule has 3 N–H and O–H groups in total. The third-order valence-electron chi connectivity index (χ3n) is 7.05.